The van der Waals surface area contributed by atoms with Crippen LogP contribution in [0.25, 0.3) is 0 Å². The highest BCUT2D eigenvalue weighted by Crippen LogP contribution is 2.53. The maximum Gasteiger partial charge on any atom is 0.305 e. The number of hydrogen-bond donors (Lipinski definition) is 3. The van der Waals surface area contributed by atoms with Crippen LogP contribution in [0.3, 0.4) is 0 Å². The van der Waals surface area contributed by atoms with Crippen LogP contribution < -0.4 is 25.0 Å². The zero-order valence-corrected chi connectivity index (χ0v) is 24.0. The van der Waals surface area contributed by atoms with Gasteiger partial charge in [0.05, 0.1) is 21.5 Å². The molecule has 3 amide bonds. The summed E-state index contributed by atoms with van der Waals surface area (Å²) < 4.78 is 28.4. The van der Waals surface area contributed by atoms with Gasteiger partial charge in [-0.2, -0.15) is 0 Å². The second-order valence-electron chi connectivity index (χ2n) is 9.57. The molecule has 42 heavy (non-hydrogen) atoms. The van der Waals surface area contributed by atoms with E-state index in [1.165, 1.54) is 40.9 Å². The van der Waals surface area contributed by atoms with Crippen molar-refractivity contribution >= 4 is 62.2 Å². The lowest BCUT2D eigenvalue weighted by Gasteiger charge is -2.29. The molecule has 2 aliphatic rings. The summed E-state index contributed by atoms with van der Waals surface area (Å²) in [4.78, 5) is 56.2. The first-order valence-corrected chi connectivity index (χ1v) is 15.8. The van der Waals surface area contributed by atoms with Crippen LogP contribution in [0.2, 0.25) is 0 Å². The molecule has 0 spiro atoms. The molecule has 2 aliphatic heterocycles. The Bertz CT molecular complexity index is 1850. The predicted molar refractivity (Wildman–Crippen MR) is 157 cm³/mol. The number of H-pyrrole nitrogens is 1. The van der Waals surface area contributed by atoms with Gasteiger partial charge < -0.3 is 15.0 Å². The maximum absolute atomic E-state index is 13.7. The fourth-order valence-electron chi connectivity index (χ4n) is 5.05. The number of aromatic nitrogens is 1. The van der Waals surface area contributed by atoms with E-state index in [1.54, 1.807) is 48.5 Å². The van der Waals surface area contributed by atoms with E-state index in [4.69, 9.17) is 9.88 Å². The Balaban J connectivity index is 1.19. The van der Waals surface area contributed by atoms with Crippen molar-refractivity contribution in [1.82, 2.24) is 4.98 Å². The van der Waals surface area contributed by atoms with E-state index in [0.29, 0.717) is 27.0 Å². The monoisotopic (exact) mass is 622 g/mol. The Morgan fingerprint density at radius 3 is 2.31 bits per heavy atom. The summed E-state index contributed by atoms with van der Waals surface area (Å²) in [6.45, 7) is -0.316. The standard InChI is InChI=1S/C28H22N4O7S3/c29-42(37,38)19-12-8-16(9-13-19)30-20(33)14-39-18-10-6-15(7-11-18)21-22-24(40-25-23(21)41-28(36)31-25)27(35)32(26(22)34)17-4-2-1-3-5-17/h1-13,21-22,24H,14H2,(H,30,33)(H,31,36)(H2,29,37,38)/t21-,22?,24?/m1/s1. The number of nitrogens with zero attached hydrogens (tertiary/aromatic N) is 1. The van der Waals surface area contributed by atoms with Crippen molar-refractivity contribution in [2.75, 3.05) is 16.8 Å². The second-order valence-corrected chi connectivity index (χ2v) is 13.3. The number of anilines is 2. The van der Waals surface area contributed by atoms with Crippen molar-refractivity contribution in [1.29, 1.82) is 0 Å². The molecule has 14 heteroatoms. The molecule has 0 bridgehead atoms. The van der Waals surface area contributed by atoms with Crippen LogP contribution in [0.4, 0.5) is 11.4 Å². The van der Waals surface area contributed by atoms with Gasteiger partial charge in [-0.1, -0.05) is 53.4 Å². The molecule has 1 aromatic heterocycles. The molecule has 0 radical (unpaired) electrons. The molecular formula is C28H22N4O7S3. The molecule has 11 nitrogen and oxygen atoms in total. The minimum atomic E-state index is -3.84. The van der Waals surface area contributed by atoms with E-state index in [9.17, 15) is 27.6 Å². The molecule has 4 aromatic rings. The van der Waals surface area contributed by atoms with Crippen LogP contribution in [-0.4, -0.2) is 43.0 Å². The number of thiazole rings is 1. The number of primary sulfonamides is 1. The largest absolute Gasteiger partial charge is 0.484 e. The van der Waals surface area contributed by atoms with Crippen molar-refractivity contribution in [2.24, 2.45) is 11.1 Å². The number of nitrogens with two attached hydrogens (primary N) is 1. The van der Waals surface area contributed by atoms with E-state index in [0.717, 1.165) is 16.9 Å². The number of imide groups is 1. The number of ether oxygens (including phenoxy) is 1. The molecule has 6 rings (SSSR count). The van der Waals surface area contributed by atoms with Gasteiger partial charge in [0, 0.05) is 16.5 Å². The molecule has 3 atom stereocenters. The Hall–Kier alpha value is -4.24. The SMILES string of the molecule is NS(=O)(=O)c1ccc(NC(=O)COc2ccc([C@H]3c4sc(=O)[nH]c4SC4C(=O)N(c5ccccc5)C(=O)C43)cc2)cc1. The minimum absolute atomic E-state index is 0.0739. The summed E-state index contributed by atoms with van der Waals surface area (Å²) in [6.07, 6.45) is 0. The van der Waals surface area contributed by atoms with Crippen LogP contribution >= 0.6 is 23.1 Å². The smallest absolute Gasteiger partial charge is 0.305 e. The Kier molecular flexibility index (Phi) is 7.22. The van der Waals surface area contributed by atoms with Gasteiger partial charge in [-0.3, -0.25) is 19.2 Å². The van der Waals surface area contributed by atoms with Gasteiger partial charge >= 0.3 is 4.87 Å². The van der Waals surface area contributed by atoms with Crippen molar-refractivity contribution < 1.29 is 27.5 Å². The maximum atomic E-state index is 13.7. The average Bonchev–Trinajstić information content (AvgIpc) is 3.46. The van der Waals surface area contributed by atoms with Gasteiger partial charge in [-0.15, -0.1) is 0 Å². The van der Waals surface area contributed by atoms with E-state index in [1.807, 2.05) is 6.07 Å². The second kappa shape index (κ2) is 10.9. The first-order valence-electron chi connectivity index (χ1n) is 12.6. The Morgan fingerprint density at radius 1 is 0.952 bits per heavy atom. The van der Waals surface area contributed by atoms with Crippen LogP contribution in [0, 0.1) is 5.92 Å². The molecule has 2 unspecified atom stereocenters. The number of rotatable bonds is 7. The normalized spacial score (nSPS) is 19.7. The summed E-state index contributed by atoms with van der Waals surface area (Å²) in [7, 11) is -3.84. The zero-order chi connectivity index (χ0) is 29.6. The van der Waals surface area contributed by atoms with Gasteiger partial charge in [0.15, 0.2) is 6.61 Å². The molecule has 0 saturated carbocycles. The van der Waals surface area contributed by atoms with Gasteiger partial charge in [-0.05, 0) is 54.1 Å². The number of carbonyl (C=O) groups is 3. The van der Waals surface area contributed by atoms with Crippen LogP contribution in [0.1, 0.15) is 16.4 Å². The summed E-state index contributed by atoms with van der Waals surface area (Å²) in [5.41, 5.74) is 1.60. The Labute approximate surface area is 247 Å². The number of carbonyl (C=O) groups excluding carboxylic acids is 3. The average molecular weight is 623 g/mol. The van der Waals surface area contributed by atoms with Gasteiger partial charge in [0.1, 0.15) is 11.0 Å². The highest BCUT2D eigenvalue weighted by Gasteiger charge is 2.56. The first kappa shape index (κ1) is 27.9. The third-order valence-electron chi connectivity index (χ3n) is 6.91. The lowest BCUT2D eigenvalue weighted by atomic mass is 9.83. The predicted octanol–water partition coefficient (Wildman–Crippen LogP) is 2.90. The van der Waals surface area contributed by atoms with E-state index < -0.39 is 33.0 Å². The van der Waals surface area contributed by atoms with E-state index in [-0.39, 0.29) is 28.2 Å². The fraction of sp³-hybridized carbons (Fsp3) is 0.143. The summed E-state index contributed by atoms with van der Waals surface area (Å²) in [5.74, 6) is -1.96. The number of thioether (sulfide) groups is 1. The van der Waals surface area contributed by atoms with Gasteiger partial charge in [-0.25, -0.2) is 18.5 Å². The number of sulfonamides is 1. The lowest BCUT2D eigenvalue weighted by molar-refractivity contribution is -0.122. The van der Waals surface area contributed by atoms with Crippen molar-refractivity contribution in [3.8, 4) is 5.75 Å². The third kappa shape index (κ3) is 5.25. The quantitative estimate of drug-likeness (QED) is 0.264. The van der Waals surface area contributed by atoms with E-state index in [2.05, 4.69) is 10.3 Å². The van der Waals surface area contributed by atoms with Crippen molar-refractivity contribution in [3.63, 3.8) is 0 Å². The number of nitrogens with one attached hydrogen (secondary N) is 2. The van der Waals surface area contributed by atoms with Gasteiger partial charge in [0.25, 0.3) is 5.91 Å². The van der Waals surface area contributed by atoms with Crippen LogP contribution in [0.5, 0.6) is 5.75 Å². The fourth-order valence-corrected chi connectivity index (χ4v) is 8.08. The molecular weight excluding hydrogens is 601 g/mol. The molecule has 4 N–H and O–H groups in total. The first-order chi connectivity index (χ1) is 20.1. The number of fused-ring (bicyclic) bond motifs is 2. The number of para-hydroxylation sites is 1. The molecule has 1 saturated heterocycles. The van der Waals surface area contributed by atoms with Crippen molar-refractivity contribution in [3.05, 3.63) is 99.0 Å². The topological polar surface area (TPSA) is 169 Å². The lowest BCUT2D eigenvalue weighted by Crippen LogP contribution is -2.32. The molecule has 1 fully saturated rings. The molecule has 214 valence electrons. The van der Waals surface area contributed by atoms with Crippen LogP contribution in [0.15, 0.2) is 93.6 Å². The summed E-state index contributed by atoms with van der Waals surface area (Å²) in [5, 5.41) is 7.59. The van der Waals surface area contributed by atoms with E-state index >= 15 is 0 Å². The minimum Gasteiger partial charge on any atom is -0.484 e. The number of hydrogen-bond acceptors (Lipinski definition) is 9. The number of benzene rings is 3. The van der Waals surface area contributed by atoms with Crippen molar-refractivity contribution in [2.45, 2.75) is 21.1 Å². The molecule has 3 aromatic carbocycles. The van der Waals surface area contributed by atoms with Crippen LogP contribution in [-0.2, 0) is 24.4 Å². The highest BCUT2D eigenvalue weighted by atomic mass is 32.2. The Morgan fingerprint density at radius 2 is 1.64 bits per heavy atom. The molecule has 0 aliphatic carbocycles. The number of amides is 3. The number of aromatic amines is 1. The third-order valence-corrected chi connectivity index (χ3v) is 10.2. The molecule has 3 heterocycles. The highest BCUT2D eigenvalue weighted by molar-refractivity contribution is 8.00. The van der Waals surface area contributed by atoms with Gasteiger partial charge in [0.2, 0.25) is 21.8 Å². The zero-order valence-electron chi connectivity index (χ0n) is 21.6. The summed E-state index contributed by atoms with van der Waals surface area (Å²) >= 11 is 2.24. The summed E-state index contributed by atoms with van der Waals surface area (Å²) in [6, 6.07) is 21.0.